The van der Waals surface area contributed by atoms with Gasteiger partial charge in [-0.05, 0) is 68.6 Å². The molecule has 0 aliphatic heterocycles. The van der Waals surface area contributed by atoms with E-state index in [0.717, 1.165) is 19.3 Å². The van der Waals surface area contributed by atoms with Gasteiger partial charge in [-0.2, -0.15) is 26.3 Å². The Kier molecular flexibility index (Phi) is 5.46. The summed E-state index contributed by atoms with van der Waals surface area (Å²) in [4.78, 5) is 24.5. The molecular weight excluding hydrogens is 464 g/mol. The quantitative estimate of drug-likeness (QED) is 0.335. The number of hydrogen-bond donors (Lipinski definition) is 1. The van der Waals surface area contributed by atoms with Gasteiger partial charge in [0.05, 0.1) is 16.5 Å². The molecule has 4 bridgehead atoms. The van der Waals surface area contributed by atoms with Crippen LogP contribution in [0.25, 0.3) is 0 Å². The van der Waals surface area contributed by atoms with Crippen LogP contribution in [-0.4, -0.2) is 23.4 Å². The normalized spacial score (nSPS) is 31.5. The lowest BCUT2D eigenvalue weighted by molar-refractivity contribution is -0.171. The number of esters is 1. The maximum absolute atomic E-state index is 13.0. The van der Waals surface area contributed by atoms with Crippen LogP contribution >= 0.6 is 11.6 Å². The smallest absolute Gasteiger partial charge is 0.416 e. The number of rotatable bonds is 4. The van der Waals surface area contributed by atoms with E-state index >= 15 is 0 Å². The number of carbonyl (C=O) groups excluding carboxylic acids is 2. The number of halogens is 7. The molecule has 0 spiro atoms. The number of nitrogens with one attached hydrogen (secondary N) is 1. The van der Waals surface area contributed by atoms with Gasteiger partial charge in [-0.3, -0.25) is 9.59 Å². The average Bonchev–Trinajstić information content (AvgIpc) is 2.62. The maximum atomic E-state index is 13.0. The zero-order chi connectivity index (χ0) is 23.5. The highest BCUT2D eigenvalue weighted by atomic mass is 35.5. The van der Waals surface area contributed by atoms with Gasteiger partial charge in [-0.15, -0.1) is 11.6 Å². The van der Waals surface area contributed by atoms with Crippen molar-refractivity contribution in [3.8, 4) is 0 Å². The van der Waals surface area contributed by atoms with Crippen molar-refractivity contribution in [2.75, 3.05) is 11.9 Å². The Labute approximate surface area is 184 Å². The third-order valence-electron chi connectivity index (χ3n) is 6.63. The summed E-state index contributed by atoms with van der Waals surface area (Å²) in [5.74, 6) is -1.01. The van der Waals surface area contributed by atoms with E-state index < -0.39 is 57.9 Å². The van der Waals surface area contributed by atoms with Crippen molar-refractivity contribution in [2.45, 2.75) is 55.8 Å². The van der Waals surface area contributed by atoms with Gasteiger partial charge in [-0.25, -0.2) is 0 Å². The van der Waals surface area contributed by atoms with Gasteiger partial charge in [0, 0.05) is 10.6 Å². The van der Waals surface area contributed by atoms with E-state index in [9.17, 15) is 35.9 Å². The van der Waals surface area contributed by atoms with Crippen molar-refractivity contribution in [3.05, 3.63) is 29.3 Å². The SMILES string of the molecule is O=C(COC(=O)C12C[C@@H]3C[C@@H](CC(Cl)(C3)C1)C2)Nc1cc(C(F)(F)F)cc(C(F)(F)F)c1. The van der Waals surface area contributed by atoms with Crippen molar-refractivity contribution in [2.24, 2.45) is 17.3 Å². The fourth-order valence-electron chi connectivity index (χ4n) is 5.90. The second-order valence-corrected chi connectivity index (χ2v) is 10.1. The van der Waals surface area contributed by atoms with Crippen LogP contribution in [0, 0.1) is 17.3 Å². The number of ether oxygens (including phenoxy) is 1. The largest absolute Gasteiger partial charge is 0.455 e. The highest BCUT2D eigenvalue weighted by molar-refractivity contribution is 6.24. The lowest BCUT2D eigenvalue weighted by atomic mass is 9.49. The molecule has 1 aromatic rings. The third-order valence-corrected chi connectivity index (χ3v) is 7.07. The van der Waals surface area contributed by atoms with E-state index in [1.165, 1.54) is 0 Å². The Morgan fingerprint density at radius 1 is 0.969 bits per heavy atom. The third kappa shape index (κ3) is 4.56. The summed E-state index contributed by atoms with van der Waals surface area (Å²) < 4.78 is 82.9. The second-order valence-electron chi connectivity index (χ2n) is 9.31. The van der Waals surface area contributed by atoms with Crippen LogP contribution in [0.5, 0.6) is 0 Å². The van der Waals surface area contributed by atoms with E-state index in [0.29, 0.717) is 43.2 Å². The van der Waals surface area contributed by atoms with Crippen LogP contribution in [0.2, 0.25) is 0 Å². The molecule has 4 atom stereocenters. The molecule has 4 aliphatic carbocycles. The van der Waals surface area contributed by atoms with E-state index in [1.807, 2.05) is 5.32 Å². The maximum Gasteiger partial charge on any atom is 0.416 e. The monoisotopic (exact) mass is 483 g/mol. The van der Waals surface area contributed by atoms with Crippen LogP contribution in [0.3, 0.4) is 0 Å². The lowest BCUT2D eigenvalue weighted by Crippen LogP contribution is -2.56. The summed E-state index contributed by atoms with van der Waals surface area (Å²) in [7, 11) is 0. The molecule has 0 aromatic heterocycles. The number of alkyl halides is 7. The summed E-state index contributed by atoms with van der Waals surface area (Å²) in [6, 6.07) is 0.751. The van der Waals surface area contributed by atoms with Gasteiger partial charge in [0.2, 0.25) is 0 Å². The molecule has 4 nitrogen and oxygen atoms in total. The molecular formula is C21H20ClF6NO3. The summed E-state index contributed by atoms with van der Waals surface area (Å²) in [6.45, 7) is -0.817. The number of carbonyl (C=O) groups is 2. The Bertz CT molecular complexity index is 898. The van der Waals surface area contributed by atoms with Crippen molar-refractivity contribution in [1.82, 2.24) is 0 Å². The standard InChI is InChI=1S/C21H20ClF6NO3/c22-19-7-11-1-12(8-19)6-18(5-11,10-19)17(31)32-9-16(30)29-15-3-13(20(23,24)25)2-14(4-15)21(26,27)28/h2-4,11-12H,1,5-10H2,(H,29,30)/t11-,12+,18?,19?. The molecule has 5 rings (SSSR count). The molecule has 0 saturated heterocycles. The minimum absolute atomic E-state index is 0.0370. The molecule has 32 heavy (non-hydrogen) atoms. The molecule has 0 radical (unpaired) electrons. The van der Waals surface area contributed by atoms with Crippen LogP contribution in [0.4, 0.5) is 32.0 Å². The van der Waals surface area contributed by atoms with Crippen molar-refractivity contribution in [3.63, 3.8) is 0 Å². The average molecular weight is 484 g/mol. The first-order valence-electron chi connectivity index (χ1n) is 10.1. The Balaban J connectivity index is 1.43. The van der Waals surface area contributed by atoms with E-state index in [1.54, 1.807) is 0 Å². The van der Waals surface area contributed by atoms with Gasteiger partial charge in [0.15, 0.2) is 6.61 Å². The Morgan fingerprint density at radius 2 is 1.50 bits per heavy atom. The fourth-order valence-corrected chi connectivity index (χ4v) is 6.59. The van der Waals surface area contributed by atoms with Gasteiger partial charge >= 0.3 is 18.3 Å². The minimum Gasteiger partial charge on any atom is -0.455 e. The highest BCUT2D eigenvalue weighted by Gasteiger charge is 2.60. The number of amides is 1. The fraction of sp³-hybridized carbons (Fsp3) is 0.619. The summed E-state index contributed by atoms with van der Waals surface area (Å²) in [5.41, 5.74) is -4.59. The van der Waals surface area contributed by atoms with Crippen molar-refractivity contribution < 1.29 is 40.7 Å². The van der Waals surface area contributed by atoms with Crippen LogP contribution in [0.15, 0.2) is 18.2 Å². The van der Waals surface area contributed by atoms with Crippen LogP contribution < -0.4 is 5.32 Å². The predicted octanol–water partition coefficient (Wildman–Crippen LogP) is 5.78. The van der Waals surface area contributed by atoms with Crippen LogP contribution in [-0.2, 0) is 26.7 Å². The van der Waals surface area contributed by atoms with Crippen molar-refractivity contribution in [1.29, 1.82) is 0 Å². The second kappa shape index (κ2) is 7.53. The molecule has 1 aromatic carbocycles. The van der Waals surface area contributed by atoms with Gasteiger partial charge in [0.25, 0.3) is 5.91 Å². The molecule has 4 saturated carbocycles. The Morgan fingerprint density at radius 3 is 1.97 bits per heavy atom. The molecule has 11 heteroatoms. The van der Waals surface area contributed by atoms with E-state index in [-0.39, 0.29) is 6.07 Å². The van der Waals surface area contributed by atoms with Crippen LogP contribution in [0.1, 0.15) is 49.7 Å². The molecule has 2 unspecified atom stereocenters. The molecule has 1 amide bonds. The summed E-state index contributed by atoms with van der Waals surface area (Å²) in [5, 5.41) is 1.96. The number of anilines is 1. The molecule has 4 aliphatic rings. The first-order valence-corrected chi connectivity index (χ1v) is 10.5. The first-order chi connectivity index (χ1) is 14.7. The van der Waals surface area contributed by atoms with Gasteiger partial charge < -0.3 is 10.1 Å². The van der Waals surface area contributed by atoms with Gasteiger partial charge in [-0.1, -0.05) is 0 Å². The summed E-state index contributed by atoms with van der Waals surface area (Å²) in [6.07, 6.45) is -5.75. The van der Waals surface area contributed by atoms with Crippen molar-refractivity contribution >= 4 is 29.2 Å². The number of benzene rings is 1. The summed E-state index contributed by atoms with van der Waals surface area (Å²) >= 11 is 6.67. The molecule has 0 heterocycles. The van der Waals surface area contributed by atoms with E-state index in [4.69, 9.17) is 16.3 Å². The topological polar surface area (TPSA) is 55.4 Å². The predicted molar refractivity (Wildman–Crippen MR) is 102 cm³/mol. The molecule has 1 N–H and O–H groups in total. The zero-order valence-corrected chi connectivity index (χ0v) is 17.5. The van der Waals surface area contributed by atoms with E-state index in [2.05, 4.69) is 0 Å². The molecule has 176 valence electrons. The highest BCUT2D eigenvalue weighted by Crippen LogP contribution is 2.64. The Hall–Kier alpha value is -1.97. The zero-order valence-electron chi connectivity index (χ0n) is 16.7. The molecule has 4 fully saturated rings. The number of hydrogen-bond acceptors (Lipinski definition) is 3. The van der Waals surface area contributed by atoms with Gasteiger partial charge in [0.1, 0.15) is 0 Å². The first kappa shape index (κ1) is 23.2. The minimum atomic E-state index is -5.04. The lowest BCUT2D eigenvalue weighted by Gasteiger charge is -2.58.